The number of benzene rings is 1. The van der Waals surface area contributed by atoms with E-state index >= 15 is 0 Å². The zero-order valence-corrected chi connectivity index (χ0v) is 13.6. The predicted molar refractivity (Wildman–Crippen MR) is 87.4 cm³/mol. The summed E-state index contributed by atoms with van der Waals surface area (Å²) >= 11 is 1.52. The second kappa shape index (κ2) is 7.71. The van der Waals surface area contributed by atoms with Crippen LogP contribution in [-0.4, -0.2) is 37.3 Å². The van der Waals surface area contributed by atoms with Crippen LogP contribution >= 0.6 is 11.8 Å². The fourth-order valence-corrected chi connectivity index (χ4v) is 4.47. The van der Waals surface area contributed by atoms with Crippen molar-refractivity contribution in [3.05, 3.63) is 36.4 Å². The van der Waals surface area contributed by atoms with Crippen LogP contribution in [0.2, 0.25) is 0 Å². The molecule has 0 unspecified atom stereocenters. The molecule has 4 nitrogen and oxygen atoms in total. The van der Waals surface area contributed by atoms with E-state index in [1.165, 1.54) is 16.1 Å². The fraction of sp³-hybridized carbons (Fsp3) is 0.429. The van der Waals surface area contributed by atoms with Crippen molar-refractivity contribution in [3.63, 3.8) is 0 Å². The van der Waals surface area contributed by atoms with Crippen molar-refractivity contribution in [2.45, 2.75) is 18.7 Å². The summed E-state index contributed by atoms with van der Waals surface area (Å²) < 4.78 is 25.9. The minimum absolute atomic E-state index is 0.128. The van der Waals surface area contributed by atoms with Crippen molar-refractivity contribution < 1.29 is 8.42 Å². The first-order chi connectivity index (χ1) is 9.35. The van der Waals surface area contributed by atoms with E-state index < -0.39 is 10.0 Å². The highest BCUT2D eigenvalue weighted by Gasteiger charge is 2.19. The number of hydrogen-bond donors (Lipinski definition) is 1. The second-order valence-corrected chi connectivity index (χ2v) is 7.87. The van der Waals surface area contributed by atoms with Crippen LogP contribution in [0.1, 0.15) is 13.8 Å². The standard InChI is InChI=1S/C14H22N2O2S2/c1-4-16(11-12(2)3)20(17,18)10-9-19-14-7-5-13(15)6-8-14/h5-8H,2,4,9-11,15H2,1,3H3. The maximum absolute atomic E-state index is 12.2. The quantitative estimate of drug-likeness (QED) is 0.455. The van der Waals surface area contributed by atoms with Crippen molar-refractivity contribution in [2.75, 3.05) is 30.3 Å². The van der Waals surface area contributed by atoms with E-state index in [0.29, 0.717) is 24.5 Å². The number of thioether (sulfide) groups is 1. The van der Waals surface area contributed by atoms with Gasteiger partial charge >= 0.3 is 0 Å². The minimum Gasteiger partial charge on any atom is -0.399 e. The largest absolute Gasteiger partial charge is 0.399 e. The van der Waals surface area contributed by atoms with Crippen molar-refractivity contribution in [1.82, 2.24) is 4.31 Å². The summed E-state index contributed by atoms with van der Waals surface area (Å²) in [6, 6.07) is 7.43. The Hall–Kier alpha value is -0.980. The average Bonchev–Trinajstić information content (AvgIpc) is 2.37. The Balaban J connectivity index is 2.54. The van der Waals surface area contributed by atoms with E-state index in [2.05, 4.69) is 6.58 Å². The molecule has 0 aromatic heterocycles. The van der Waals surface area contributed by atoms with Gasteiger partial charge in [-0.3, -0.25) is 0 Å². The molecule has 0 bridgehead atoms. The molecule has 0 spiro atoms. The highest BCUT2D eigenvalue weighted by Crippen LogP contribution is 2.20. The topological polar surface area (TPSA) is 63.4 Å². The van der Waals surface area contributed by atoms with Gasteiger partial charge < -0.3 is 5.73 Å². The summed E-state index contributed by atoms with van der Waals surface area (Å²) in [6.45, 7) is 8.31. The maximum Gasteiger partial charge on any atom is 0.215 e. The molecule has 0 saturated heterocycles. The smallest absolute Gasteiger partial charge is 0.215 e. The van der Waals surface area contributed by atoms with Gasteiger partial charge in [0.15, 0.2) is 0 Å². The Bertz CT molecular complexity index is 539. The third-order valence-electron chi connectivity index (χ3n) is 2.68. The Morgan fingerprint density at radius 3 is 2.45 bits per heavy atom. The number of nitrogens with zero attached hydrogens (tertiary/aromatic N) is 1. The van der Waals surface area contributed by atoms with Gasteiger partial charge in [-0.1, -0.05) is 19.1 Å². The highest BCUT2D eigenvalue weighted by molar-refractivity contribution is 8.00. The van der Waals surface area contributed by atoms with Gasteiger partial charge in [-0.15, -0.1) is 11.8 Å². The van der Waals surface area contributed by atoms with Gasteiger partial charge in [0.25, 0.3) is 0 Å². The summed E-state index contributed by atoms with van der Waals surface area (Å²) in [5.41, 5.74) is 7.17. The van der Waals surface area contributed by atoms with Gasteiger partial charge in [0.2, 0.25) is 10.0 Å². The molecule has 112 valence electrons. The van der Waals surface area contributed by atoms with Crippen LogP contribution in [0.25, 0.3) is 0 Å². The predicted octanol–water partition coefficient (Wildman–Crippen LogP) is 2.59. The molecule has 0 aliphatic heterocycles. The lowest BCUT2D eigenvalue weighted by molar-refractivity contribution is 0.454. The molecule has 0 atom stereocenters. The van der Waals surface area contributed by atoms with Gasteiger partial charge in [-0.2, -0.15) is 4.31 Å². The lowest BCUT2D eigenvalue weighted by Crippen LogP contribution is -2.34. The lowest BCUT2D eigenvalue weighted by atomic mass is 10.3. The third kappa shape index (κ3) is 5.56. The van der Waals surface area contributed by atoms with Crippen LogP contribution in [0.5, 0.6) is 0 Å². The number of nitrogen functional groups attached to an aromatic ring is 1. The number of likely N-dealkylation sites (N-methyl/N-ethyl adjacent to an activating group) is 1. The van der Waals surface area contributed by atoms with Gasteiger partial charge in [0.1, 0.15) is 0 Å². The van der Waals surface area contributed by atoms with Gasteiger partial charge in [-0.05, 0) is 31.2 Å². The van der Waals surface area contributed by atoms with E-state index in [-0.39, 0.29) is 5.75 Å². The first-order valence-corrected chi connectivity index (χ1v) is 9.05. The average molecular weight is 314 g/mol. The van der Waals surface area contributed by atoms with Crippen LogP contribution < -0.4 is 5.73 Å². The first kappa shape index (κ1) is 17.1. The van der Waals surface area contributed by atoms with Crippen molar-refractivity contribution in [3.8, 4) is 0 Å². The molecule has 0 fully saturated rings. The SMILES string of the molecule is C=C(C)CN(CC)S(=O)(=O)CCSc1ccc(N)cc1. The van der Waals surface area contributed by atoms with Crippen LogP contribution in [0.15, 0.2) is 41.3 Å². The van der Waals surface area contributed by atoms with Crippen molar-refractivity contribution in [2.24, 2.45) is 0 Å². The van der Waals surface area contributed by atoms with Gasteiger partial charge in [-0.25, -0.2) is 8.42 Å². The number of anilines is 1. The van der Waals surface area contributed by atoms with Gasteiger partial charge in [0, 0.05) is 29.4 Å². The van der Waals surface area contributed by atoms with Crippen LogP contribution in [0.3, 0.4) is 0 Å². The second-order valence-electron chi connectivity index (χ2n) is 4.62. The molecule has 1 aromatic rings. The molecule has 0 amide bonds. The van der Waals surface area contributed by atoms with Gasteiger partial charge in [0.05, 0.1) is 5.75 Å². The lowest BCUT2D eigenvalue weighted by Gasteiger charge is -2.20. The molecule has 1 aromatic carbocycles. The summed E-state index contributed by atoms with van der Waals surface area (Å²) in [7, 11) is -3.22. The zero-order chi connectivity index (χ0) is 15.2. The fourth-order valence-electron chi connectivity index (χ4n) is 1.67. The Morgan fingerprint density at radius 1 is 1.35 bits per heavy atom. The zero-order valence-electron chi connectivity index (χ0n) is 12.0. The number of hydrogen-bond acceptors (Lipinski definition) is 4. The van der Waals surface area contributed by atoms with Crippen molar-refractivity contribution >= 4 is 27.5 Å². The van der Waals surface area contributed by atoms with Crippen LogP contribution in [-0.2, 0) is 10.0 Å². The number of nitrogens with two attached hydrogens (primary N) is 1. The van der Waals surface area contributed by atoms with Crippen molar-refractivity contribution in [1.29, 1.82) is 0 Å². The molecule has 0 aliphatic rings. The van der Waals surface area contributed by atoms with Crippen LogP contribution in [0, 0.1) is 0 Å². The maximum atomic E-state index is 12.2. The third-order valence-corrected chi connectivity index (χ3v) is 5.85. The van der Waals surface area contributed by atoms with Crippen LogP contribution in [0.4, 0.5) is 5.69 Å². The molecule has 2 N–H and O–H groups in total. The van der Waals surface area contributed by atoms with E-state index in [1.807, 2.05) is 38.1 Å². The Kier molecular flexibility index (Phi) is 6.58. The number of sulfonamides is 1. The summed E-state index contributed by atoms with van der Waals surface area (Å²) in [6.07, 6.45) is 0. The first-order valence-electron chi connectivity index (χ1n) is 6.45. The molecular formula is C14H22N2O2S2. The van der Waals surface area contributed by atoms with E-state index in [4.69, 9.17) is 5.73 Å². The Morgan fingerprint density at radius 2 is 1.95 bits per heavy atom. The summed E-state index contributed by atoms with van der Waals surface area (Å²) in [4.78, 5) is 1.03. The monoisotopic (exact) mass is 314 g/mol. The summed E-state index contributed by atoms with van der Waals surface area (Å²) in [5.74, 6) is 0.655. The molecule has 1 rings (SSSR count). The van der Waals surface area contributed by atoms with E-state index in [9.17, 15) is 8.42 Å². The molecule has 0 radical (unpaired) electrons. The normalized spacial score (nSPS) is 11.8. The van der Waals surface area contributed by atoms with E-state index in [1.54, 1.807) is 0 Å². The molecule has 0 aliphatic carbocycles. The molecular weight excluding hydrogens is 292 g/mol. The summed E-state index contributed by atoms with van der Waals surface area (Å²) in [5, 5.41) is 0. The molecule has 20 heavy (non-hydrogen) atoms. The Labute approximate surface area is 126 Å². The molecule has 0 heterocycles. The number of rotatable bonds is 8. The minimum atomic E-state index is -3.22. The molecule has 6 heteroatoms. The highest BCUT2D eigenvalue weighted by atomic mass is 32.2. The van der Waals surface area contributed by atoms with E-state index in [0.717, 1.165) is 10.5 Å². The molecule has 0 saturated carbocycles.